The zero-order valence-electron chi connectivity index (χ0n) is 10.7. The number of nitrogens with two attached hydrogens (primary N) is 1. The van der Waals surface area contributed by atoms with Crippen molar-refractivity contribution in [2.24, 2.45) is 5.92 Å². The molecule has 1 saturated heterocycles. The molecule has 1 aromatic carbocycles. The number of hydrogen-bond acceptors (Lipinski definition) is 2. The van der Waals surface area contributed by atoms with E-state index in [1.807, 2.05) is 0 Å². The second-order valence-corrected chi connectivity index (χ2v) is 5.66. The Morgan fingerprint density at radius 3 is 2.82 bits per heavy atom. The topological polar surface area (TPSA) is 29.3 Å². The number of nitrogen functional groups attached to an aromatic ring is 1. The lowest BCUT2D eigenvalue weighted by atomic mass is 9.91. The number of rotatable bonds is 1. The standard InChI is InChI=1S/C15H22N2/c1-11-7-8-15(13(16)10-11)17-9-3-5-12-4-2-6-14(12)17/h7-8,10,12,14H,2-6,9,16H2,1H3. The summed E-state index contributed by atoms with van der Waals surface area (Å²) >= 11 is 0. The Kier molecular flexibility index (Phi) is 2.73. The first-order chi connectivity index (χ1) is 8.25. The van der Waals surface area contributed by atoms with E-state index in [1.165, 1.54) is 49.9 Å². The molecule has 17 heavy (non-hydrogen) atoms. The molecule has 2 fully saturated rings. The van der Waals surface area contributed by atoms with Crippen molar-refractivity contribution < 1.29 is 0 Å². The van der Waals surface area contributed by atoms with Crippen LogP contribution in [-0.2, 0) is 0 Å². The minimum Gasteiger partial charge on any atom is -0.397 e. The predicted octanol–water partition coefficient (Wildman–Crippen LogP) is 3.35. The number of benzene rings is 1. The van der Waals surface area contributed by atoms with E-state index in [0.717, 1.165) is 17.6 Å². The second-order valence-electron chi connectivity index (χ2n) is 5.66. The molecule has 0 aromatic heterocycles. The molecular formula is C15H22N2. The fourth-order valence-electron chi connectivity index (χ4n) is 3.69. The van der Waals surface area contributed by atoms with Gasteiger partial charge < -0.3 is 10.6 Å². The highest BCUT2D eigenvalue weighted by Gasteiger charge is 2.35. The van der Waals surface area contributed by atoms with E-state index in [1.54, 1.807) is 0 Å². The van der Waals surface area contributed by atoms with Crippen molar-refractivity contribution in [3.8, 4) is 0 Å². The van der Waals surface area contributed by atoms with E-state index in [9.17, 15) is 0 Å². The lowest BCUT2D eigenvalue weighted by Crippen LogP contribution is -2.42. The van der Waals surface area contributed by atoms with E-state index < -0.39 is 0 Å². The summed E-state index contributed by atoms with van der Waals surface area (Å²) in [5.74, 6) is 0.921. The number of aryl methyl sites for hydroxylation is 1. The quantitative estimate of drug-likeness (QED) is 0.750. The van der Waals surface area contributed by atoms with Gasteiger partial charge in [-0.3, -0.25) is 0 Å². The van der Waals surface area contributed by atoms with Crippen LogP contribution in [0.5, 0.6) is 0 Å². The molecule has 1 heterocycles. The molecule has 2 aliphatic rings. The summed E-state index contributed by atoms with van der Waals surface area (Å²) in [4.78, 5) is 2.58. The average molecular weight is 230 g/mol. The maximum Gasteiger partial charge on any atom is 0.0602 e. The lowest BCUT2D eigenvalue weighted by Gasteiger charge is -2.40. The first-order valence-electron chi connectivity index (χ1n) is 6.88. The third-order valence-electron chi connectivity index (χ3n) is 4.49. The summed E-state index contributed by atoms with van der Waals surface area (Å²) < 4.78 is 0. The fourth-order valence-corrected chi connectivity index (χ4v) is 3.69. The number of hydrogen-bond donors (Lipinski definition) is 1. The summed E-state index contributed by atoms with van der Waals surface area (Å²) in [6.45, 7) is 3.29. The Balaban J connectivity index is 1.91. The maximum atomic E-state index is 6.19. The summed E-state index contributed by atoms with van der Waals surface area (Å²) in [7, 11) is 0. The fraction of sp³-hybridized carbons (Fsp3) is 0.600. The van der Waals surface area contributed by atoms with Crippen molar-refractivity contribution in [3.05, 3.63) is 23.8 Å². The van der Waals surface area contributed by atoms with Crippen LogP contribution in [0.1, 0.15) is 37.7 Å². The van der Waals surface area contributed by atoms with Gasteiger partial charge in [0.1, 0.15) is 0 Å². The van der Waals surface area contributed by atoms with Crippen molar-refractivity contribution >= 4 is 11.4 Å². The van der Waals surface area contributed by atoms with Gasteiger partial charge in [-0.25, -0.2) is 0 Å². The summed E-state index contributed by atoms with van der Waals surface area (Å²) in [6.07, 6.45) is 6.93. The summed E-state index contributed by atoms with van der Waals surface area (Å²) in [5.41, 5.74) is 9.68. The molecule has 0 radical (unpaired) electrons. The first kappa shape index (κ1) is 10.9. The smallest absolute Gasteiger partial charge is 0.0602 e. The third kappa shape index (κ3) is 1.90. The highest BCUT2D eigenvalue weighted by Crippen LogP contribution is 2.40. The van der Waals surface area contributed by atoms with Crippen LogP contribution in [-0.4, -0.2) is 12.6 Å². The van der Waals surface area contributed by atoms with Crippen molar-refractivity contribution in [2.75, 3.05) is 17.2 Å². The molecule has 2 atom stereocenters. The van der Waals surface area contributed by atoms with Gasteiger partial charge in [-0.1, -0.05) is 12.5 Å². The van der Waals surface area contributed by atoms with Crippen LogP contribution in [0.25, 0.3) is 0 Å². The molecule has 92 valence electrons. The highest BCUT2D eigenvalue weighted by atomic mass is 15.2. The first-order valence-corrected chi connectivity index (χ1v) is 6.88. The molecule has 2 N–H and O–H groups in total. The predicted molar refractivity (Wildman–Crippen MR) is 73.3 cm³/mol. The third-order valence-corrected chi connectivity index (χ3v) is 4.49. The van der Waals surface area contributed by atoms with E-state index >= 15 is 0 Å². The van der Waals surface area contributed by atoms with Crippen LogP contribution in [0.2, 0.25) is 0 Å². The second kappa shape index (κ2) is 4.25. The van der Waals surface area contributed by atoms with Gasteiger partial charge >= 0.3 is 0 Å². The van der Waals surface area contributed by atoms with Gasteiger partial charge in [0.05, 0.1) is 11.4 Å². The molecule has 2 nitrogen and oxygen atoms in total. The Hall–Kier alpha value is -1.18. The Bertz CT molecular complexity index is 413. The summed E-state index contributed by atoms with van der Waals surface area (Å²) in [6, 6.07) is 7.26. The molecule has 0 bridgehead atoms. The van der Waals surface area contributed by atoms with Crippen molar-refractivity contribution in [2.45, 2.75) is 45.1 Å². The van der Waals surface area contributed by atoms with Crippen LogP contribution >= 0.6 is 0 Å². The van der Waals surface area contributed by atoms with Gasteiger partial charge in [0.25, 0.3) is 0 Å². The van der Waals surface area contributed by atoms with Gasteiger partial charge in [-0.05, 0) is 56.2 Å². The molecule has 1 aliphatic heterocycles. The van der Waals surface area contributed by atoms with E-state index in [-0.39, 0.29) is 0 Å². The van der Waals surface area contributed by atoms with Crippen LogP contribution in [0.15, 0.2) is 18.2 Å². The minimum atomic E-state index is 0.758. The maximum absolute atomic E-state index is 6.19. The van der Waals surface area contributed by atoms with Crippen LogP contribution in [0, 0.1) is 12.8 Å². The van der Waals surface area contributed by atoms with Gasteiger partial charge in [0, 0.05) is 12.6 Å². The molecule has 0 amide bonds. The Morgan fingerprint density at radius 2 is 2.00 bits per heavy atom. The van der Waals surface area contributed by atoms with E-state index in [0.29, 0.717) is 0 Å². The zero-order valence-corrected chi connectivity index (χ0v) is 10.7. The van der Waals surface area contributed by atoms with Crippen molar-refractivity contribution in [1.29, 1.82) is 0 Å². The van der Waals surface area contributed by atoms with Gasteiger partial charge in [-0.2, -0.15) is 0 Å². The lowest BCUT2D eigenvalue weighted by molar-refractivity contribution is 0.363. The largest absolute Gasteiger partial charge is 0.397 e. The van der Waals surface area contributed by atoms with Crippen LogP contribution < -0.4 is 10.6 Å². The molecule has 2 unspecified atom stereocenters. The van der Waals surface area contributed by atoms with Crippen molar-refractivity contribution in [3.63, 3.8) is 0 Å². The molecule has 1 aromatic rings. The highest BCUT2D eigenvalue weighted by molar-refractivity contribution is 5.69. The molecule has 2 heteroatoms. The van der Waals surface area contributed by atoms with E-state index in [2.05, 4.69) is 30.0 Å². The number of fused-ring (bicyclic) bond motifs is 1. The average Bonchev–Trinajstić information content (AvgIpc) is 2.77. The van der Waals surface area contributed by atoms with Gasteiger partial charge in [0.2, 0.25) is 0 Å². The number of nitrogens with zero attached hydrogens (tertiary/aromatic N) is 1. The van der Waals surface area contributed by atoms with Crippen molar-refractivity contribution in [1.82, 2.24) is 0 Å². The minimum absolute atomic E-state index is 0.758. The number of anilines is 2. The van der Waals surface area contributed by atoms with Crippen LogP contribution in [0.4, 0.5) is 11.4 Å². The molecular weight excluding hydrogens is 208 g/mol. The van der Waals surface area contributed by atoms with Gasteiger partial charge in [0.15, 0.2) is 0 Å². The van der Waals surface area contributed by atoms with Gasteiger partial charge in [-0.15, -0.1) is 0 Å². The Labute approximate surface area is 104 Å². The molecule has 1 aliphatic carbocycles. The Morgan fingerprint density at radius 1 is 1.18 bits per heavy atom. The molecule has 1 saturated carbocycles. The zero-order chi connectivity index (χ0) is 11.8. The summed E-state index contributed by atoms with van der Waals surface area (Å²) in [5, 5.41) is 0. The number of piperidine rings is 1. The molecule has 3 rings (SSSR count). The van der Waals surface area contributed by atoms with E-state index in [4.69, 9.17) is 5.73 Å². The normalized spacial score (nSPS) is 28.2. The monoisotopic (exact) mass is 230 g/mol. The SMILES string of the molecule is Cc1ccc(N2CCCC3CCCC32)c(N)c1. The van der Waals surface area contributed by atoms with Crippen LogP contribution in [0.3, 0.4) is 0 Å². The molecule has 0 spiro atoms.